The number of ether oxygens (including phenoxy) is 2. The lowest BCUT2D eigenvalue weighted by molar-refractivity contribution is -0.142. The Morgan fingerprint density at radius 1 is 1.03 bits per heavy atom. The minimum Gasteiger partial charge on any atom is -0.377 e. The topological polar surface area (TPSA) is 66.4 Å². The Hall–Kier alpha value is -1.34. The molecule has 3 aliphatic rings. The lowest BCUT2D eigenvalue weighted by Gasteiger charge is -2.40. The summed E-state index contributed by atoms with van der Waals surface area (Å²) in [6, 6.07) is 0. The first-order valence-corrected chi connectivity index (χ1v) is 11.5. The number of hydrogen-bond donors (Lipinski definition) is 1. The van der Waals surface area contributed by atoms with E-state index in [0.717, 1.165) is 71.1 Å². The van der Waals surface area contributed by atoms with Crippen molar-refractivity contribution in [2.75, 3.05) is 52.5 Å². The van der Waals surface area contributed by atoms with Gasteiger partial charge in [0.1, 0.15) is 6.10 Å². The lowest BCUT2D eigenvalue weighted by Crippen LogP contribution is -2.55. The van der Waals surface area contributed by atoms with Crippen LogP contribution >= 0.6 is 0 Å². The minimum atomic E-state index is -0.218. The number of amides is 1. The van der Waals surface area contributed by atoms with E-state index < -0.39 is 0 Å². The highest BCUT2D eigenvalue weighted by molar-refractivity contribution is 5.82. The van der Waals surface area contributed by atoms with E-state index in [0.29, 0.717) is 12.5 Å². The van der Waals surface area contributed by atoms with E-state index in [9.17, 15) is 4.79 Å². The Morgan fingerprint density at radius 3 is 2.31 bits per heavy atom. The molecule has 0 aromatic carbocycles. The number of piperazine rings is 1. The molecule has 0 aromatic rings. The molecule has 166 valence electrons. The van der Waals surface area contributed by atoms with Crippen LogP contribution in [0.15, 0.2) is 4.99 Å². The predicted molar refractivity (Wildman–Crippen MR) is 115 cm³/mol. The monoisotopic (exact) mass is 408 g/mol. The molecule has 1 amide bonds. The van der Waals surface area contributed by atoms with Crippen LogP contribution in [0.25, 0.3) is 0 Å². The molecule has 0 spiro atoms. The third kappa shape index (κ3) is 5.85. The summed E-state index contributed by atoms with van der Waals surface area (Å²) in [5.74, 6) is 1.59. The highest BCUT2D eigenvalue weighted by Crippen LogP contribution is 2.34. The van der Waals surface area contributed by atoms with Crippen molar-refractivity contribution in [3.8, 4) is 0 Å². The zero-order chi connectivity index (χ0) is 20.9. The van der Waals surface area contributed by atoms with Crippen molar-refractivity contribution in [2.45, 2.75) is 65.6 Å². The molecule has 3 atom stereocenters. The second kappa shape index (κ2) is 10.1. The number of carbonyl (C=O) groups excluding carboxylic acids is 1. The number of rotatable bonds is 4. The fourth-order valence-electron chi connectivity index (χ4n) is 4.73. The molecule has 7 nitrogen and oxygen atoms in total. The van der Waals surface area contributed by atoms with Gasteiger partial charge in [-0.15, -0.1) is 0 Å². The molecular formula is C22H40N4O3. The average molecular weight is 409 g/mol. The summed E-state index contributed by atoms with van der Waals surface area (Å²) >= 11 is 0. The zero-order valence-electron chi connectivity index (χ0n) is 18.8. The van der Waals surface area contributed by atoms with Gasteiger partial charge in [0, 0.05) is 58.4 Å². The van der Waals surface area contributed by atoms with Gasteiger partial charge in [0.2, 0.25) is 0 Å². The van der Waals surface area contributed by atoms with Crippen LogP contribution in [-0.4, -0.2) is 86.4 Å². The first-order chi connectivity index (χ1) is 13.9. The number of guanidine groups is 1. The predicted octanol–water partition coefficient (Wildman–Crippen LogP) is 2.12. The molecule has 0 radical (unpaired) electrons. The smallest absolute Gasteiger partial charge is 0.251 e. The van der Waals surface area contributed by atoms with Crippen molar-refractivity contribution in [1.82, 2.24) is 15.1 Å². The molecule has 29 heavy (non-hydrogen) atoms. The second-order valence-corrected chi connectivity index (χ2v) is 9.57. The highest BCUT2D eigenvalue weighted by atomic mass is 16.5. The summed E-state index contributed by atoms with van der Waals surface area (Å²) < 4.78 is 11.7. The van der Waals surface area contributed by atoms with Crippen molar-refractivity contribution in [1.29, 1.82) is 0 Å². The molecule has 7 heteroatoms. The minimum absolute atomic E-state index is 0.132. The van der Waals surface area contributed by atoms with Gasteiger partial charge in [-0.25, -0.2) is 0 Å². The van der Waals surface area contributed by atoms with E-state index in [1.54, 1.807) is 0 Å². The molecule has 0 aliphatic carbocycles. The van der Waals surface area contributed by atoms with Gasteiger partial charge in [0.15, 0.2) is 5.96 Å². The second-order valence-electron chi connectivity index (χ2n) is 9.57. The fourth-order valence-corrected chi connectivity index (χ4v) is 4.73. The van der Waals surface area contributed by atoms with E-state index >= 15 is 0 Å². The van der Waals surface area contributed by atoms with E-state index in [1.165, 1.54) is 6.42 Å². The summed E-state index contributed by atoms with van der Waals surface area (Å²) in [6.07, 6.45) is 4.19. The van der Waals surface area contributed by atoms with Crippen LogP contribution in [0.3, 0.4) is 0 Å². The number of nitrogens with one attached hydrogen (secondary N) is 1. The Kier molecular flexibility index (Phi) is 7.79. The van der Waals surface area contributed by atoms with Crippen molar-refractivity contribution < 1.29 is 14.3 Å². The molecule has 3 saturated heterocycles. The first kappa shape index (κ1) is 22.3. The van der Waals surface area contributed by atoms with E-state index in [1.807, 2.05) is 4.90 Å². The SMILES string of the molecule is CCNC(=NCC1CCCOC1C(C)(C)C)N1CCN(C(=O)C2CCCO2)CC1. The molecule has 3 heterocycles. The van der Waals surface area contributed by atoms with Crippen molar-refractivity contribution in [2.24, 2.45) is 16.3 Å². The summed E-state index contributed by atoms with van der Waals surface area (Å²) in [7, 11) is 0. The standard InChI is InChI=1S/C22H40N4O3/c1-5-23-21(24-16-17-8-6-15-29-19(17)22(2,3)4)26-12-10-25(11-13-26)20(27)18-9-7-14-28-18/h17-19H,5-16H2,1-4H3,(H,23,24). The maximum absolute atomic E-state index is 12.6. The fraction of sp³-hybridized carbons (Fsp3) is 0.909. The number of aliphatic imine (C=N–C) groups is 1. The Labute approximate surface area is 176 Å². The van der Waals surface area contributed by atoms with Gasteiger partial charge in [-0.2, -0.15) is 0 Å². The zero-order valence-corrected chi connectivity index (χ0v) is 18.8. The van der Waals surface area contributed by atoms with Gasteiger partial charge >= 0.3 is 0 Å². The third-order valence-electron chi connectivity index (χ3n) is 6.20. The van der Waals surface area contributed by atoms with Crippen LogP contribution in [0.4, 0.5) is 0 Å². The van der Waals surface area contributed by atoms with Crippen LogP contribution in [0.5, 0.6) is 0 Å². The van der Waals surface area contributed by atoms with E-state index in [2.05, 4.69) is 37.9 Å². The molecular weight excluding hydrogens is 368 g/mol. The number of nitrogens with zero attached hydrogens (tertiary/aromatic N) is 3. The van der Waals surface area contributed by atoms with Crippen molar-refractivity contribution >= 4 is 11.9 Å². The normalized spacial score (nSPS) is 29.2. The molecule has 0 bridgehead atoms. The van der Waals surface area contributed by atoms with Gasteiger partial charge in [0.25, 0.3) is 5.91 Å². The van der Waals surface area contributed by atoms with Gasteiger partial charge in [-0.3, -0.25) is 9.79 Å². The van der Waals surface area contributed by atoms with Crippen LogP contribution in [0, 0.1) is 11.3 Å². The van der Waals surface area contributed by atoms with Crippen molar-refractivity contribution in [3.63, 3.8) is 0 Å². The number of carbonyl (C=O) groups is 1. The largest absolute Gasteiger partial charge is 0.377 e. The molecule has 0 aromatic heterocycles. The van der Waals surface area contributed by atoms with Gasteiger partial charge in [0.05, 0.1) is 6.10 Å². The average Bonchev–Trinajstić information content (AvgIpc) is 3.25. The van der Waals surface area contributed by atoms with Crippen molar-refractivity contribution in [3.05, 3.63) is 0 Å². The maximum Gasteiger partial charge on any atom is 0.251 e. The summed E-state index contributed by atoms with van der Waals surface area (Å²) in [5, 5.41) is 3.45. The van der Waals surface area contributed by atoms with Crippen LogP contribution in [-0.2, 0) is 14.3 Å². The van der Waals surface area contributed by atoms with Gasteiger partial charge < -0.3 is 24.6 Å². The number of hydrogen-bond acceptors (Lipinski definition) is 4. The van der Waals surface area contributed by atoms with Crippen LogP contribution in [0.2, 0.25) is 0 Å². The maximum atomic E-state index is 12.6. The molecule has 0 saturated carbocycles. The molecule has 3 aliphatic heterocycles. The van der Waals surface area contributed by atoms with Gasteiger partial charge in [-0.05, 0) is 38.0 Å². The Balaban J connectivity index is 1.57. The third-order valence-corrected chi connectivity index (χ3v) is 6.20. The quantitative estimate of drug-likeness (QED) is 0.570. The van der Waals surface area contributed by atoms with Crippen LogP contribution in [0.1, 0.15) is 53.4 Å². The molecule has 3 unspecified atom stereocenters. The van der Waals surface area contributed by atoms with Gasteiger partial charge in [-0.1, -0.05) is 20.8 Å². The van der Waals surface area contributed by atoms with E-state index in [-0.39, 0.29) is 23.5 Å². The molecule has 1 N–H and O–H groups in total. The van der Waals surface area contributed by atoms with Crippen LogP contribution < -0.4 is 5.32 Å². The Morgan fingerprint density at radius 2 is 1.69 bits per heavy atom. The molecule has 3 fully saturated rings. The summed E-state index contributed by atoms with van der Waals surface area (Å²) in [4.78, 5) is 21.8. The summed E-state index contributed by atoms with van der Waals surface area (Å²) in [6.45, 7) is 15.2. The first-order valence-electron chi connectivity index (χ1n) is 11.5. The lowest BCUT2D eigenvalue weighted by atomic mass is 9.78. The summed E-state index contributed by atoms with van der Waals surface area (Å²) in [5.41, 5.74) is 0.132. The molecule has 3 rings (SSSR count). The Bertz CT molecular complexity index is 561. The van der Waals surface area contributed by atoms with E-state index in [4.69, 9.17) is 14.5 Å². The highest BCUT2D eigenvalue weighted by Gasteiger charge is 2.35.